The molecule has 0 bridgehead atoms. The second kappa shape index (κ2) is 3.88. The maximum atomic E-state index is 12.0. The van der Waals surface area contributed by atoms with Crippen LogP contribution in [0.4, 0.5) is 5.69 Å². The number of carbonyl (C=O) groups excluding carboxylic acids is 1. The van der Waals surface area contributed by atoms with Crippen LogP contribution < -0.4 is 5.73 Å². The van der Waals surface area contributed by atoms with E-state index < -0.39 is 0 Å². The smallest absolute Gasteiger partial charge is 0.255 e. The van der Waals surface area contributed by atoms with Gasteiger partial charge in [0.15, 0.2) is 0 Å². The third kappa shape index (κ3) is 2.09. The van der Waals surface area contributed by atoms with E-state index in [1.807, 2.05) is 4.90 Å². The first-order chi connectivity index (χ1) is 7.16. The van der Waals surface area contributed by atoms with E-state index in [9.17, 15) is 4.79 Å². The van der Waals surface area contributed by atoms with Gasteiger partial charge in [-0.3, -0.25) is 9.78 Å². The lowest BCUT2D eigenvalue weighted by Crippen LogP contribution is -2.28. The van der Waals surface area contributed by atoms with Gasteiger partial charge in [-0.25, -0.2) is 0 Å². The van der Waals surface area contributed by atoms with E-state index in [-0.39, 0.29) is 5.91 Å². The Morgan fingerprint density at radius 2 is 2.40 bits per heavy atom. The minimum atomic E-state index is 0.0409. The molecule has 1 unspecified atom stereocenters. The molecule has 0 aromatic carbocycles. The van der Waals surface area contributed by atoms with Crippen molar-refractivity contribution in [1.82, 2.24) is 9.88 Å². The Bertz CT molecular complexity index is 378. The number of nitrogens with zero attached hydrogens (tertiary/aromatic N) is 2. The molecule has 2 heterocycles. The first-order valence-electron chi connectivity index (χ1n) is 5.16. The summed E-state index contributed by atoms with van der Waals surface area (Å²) in [5.41, 5.74) is 6.71. The Morgan fingerprint density at radius 3 is 3.00 bits per heavy atom. The number of pyridine rings is 1. The van der Waals surface area contributed by atoms with Crippen LogP contribution in [0.3, 0.4) is 0 Å². The lowest BCUT2D eigenvalue weighted by Gasteiger charge is -2.15. The van der Waals surface area contributed by atoms with Gasteiger partial charge in [-0.2, -0.15) is 0 Å². The molecular formula is C11H15N3O. The topological polar surface area (TPSA) is 59.2 Å². The minimum absolute atomic E-state index is 0.0409. The molecule has 1 aromatic rings. The van der Waals surface area contributed by atoms with Crippen molar-refractivity contribution in [1.29, 1.82) is 0 Å². The molecule has 1 aliphatic heterocycles. The van der Waals surface area contributed by atoms with Gasteiger partial charge in [-0.1, -0.05) is 6.92 Å². The van der Waals surface area contributed by atoms with E-state index in [0.717, 1.165) is 19.5 Å². The SMILES string of the molecule is CC1CCN(C(=O)c2cncc(N)c2)C1. The summed E-state index contributed by atoms with van der Waals surface area (Å²) in [7, 11) is 0. The Labute approximate surface area is 89.1 Å². The van der Waals surface area contributed by atoms with Crippen molar-refractivity contribution in [2.75, 3.05) is 18.8 Å². The third-order valence-corrected chi connectivity index (χ3v) is 2.72. The Balaban J connectivity index is 2.14. The molecule has 0 aliphatic carbocycles. The predicted molar refractivity (Wildman–Crippen MR) is 58.3 cm³/mol. The maximum absolute atomic E-state index is 12.0. The van der Waals surface area contributed by atoms with Gasteiger partial charge in [0.25, 0.3) is 5.91 Å². The Morgan fingerprint density at radius 1 is 1.60 bits per heavy atom. The summed E-state index contributed by atoms with van der Waals surface area (Å²) in [6, 6.07) is 1.68. The minimum Gasteiger partial charge on any atom is -0.397 e. The number of nitrogens with two attached hydrogens (primary N) is 1. The van der Waals surface area contributed by atoms with Gasteiger partial charge in [-0.05, 0) is 18.4 Å². The fraction of sp³-hybridized carbons (Fsp3) is 0.455. The van der Waals surface area contributed by atoms with Crippen LogP contribution >= 0.6 is 0 Å². The molecule has 2 rings (SSSR count). The van der Waals surface area contributed by atoms with Crippen LogP contribution in [0.1, 0.15) is 23.7 Å². The lowest BCUT2D eigenvalue weighted by molar-refractivity contribution is 0.0787. The van der Waals surface area contributed by atoms with Crippen molar-refractivity contribution in [3.8, 4) is 0 Å². The summed E-state index contributed by atoms with van der Waals surface area (Å²) in [4.78, 5) is 17.8. The molecule has 15 heavy (non-hydrogen) atoms. The number of amides is 1. The van der Waals surface area contributed by atoms with E-state index in [2.05, 4.69) is 11.9 Å². The number of carbonyl (C=O) groups is 1. The normalized spacial score (nSPS) is 20.6. The van der Waals surface area contributed by atoms with Crippen LogP contribution in [-0.2, 0) is 0 Å². The van der Waals surface area contributed by atoms with Gasteiger partial charge >= 0.3 is 0 Å². The van der Waals surface area contributed by atoms with Crippen LogP contribution in [0.25, 0.3) is 0 Å². The summed E-state index contributed by atoms with van der Waals surface area (Å²) in [5.74, 6) is 0.641. The van der Waals surface area contributed by atoms with Crippen LogP contribution in [-0.4, -0.2) is 28.9 Å². The highest BCUT2D eigenvalue weighted by atomic mass is 16.2. The predicted octanol–water partition coefficient (Wildman–Crippen LogP) is 1.15. The van der Waals surface area contributed by atoms with Gasteiger partial charge in [0, 0.05) is 25.5 Å². The van der Waals surface area contributed by atoms with Crippen LogP contribution in [0.15, 0.2) is 18.5 Å². The zero-order valence-electron chi connectivity index (χ0n) is 8.81. The molecule has 80 valence electrons. The average molecular weight is 205 g/mol. The van der Waals surface area contributed by atoms with E-state index in [0.29, 0.717) is 17.2 Å². The van der Waals surface area contributed by atoms with E-state index in [1.165, 1.54) is 0 Å². The second-order valence-electron chi connectivity index (χ2n) is 4.15. The van der Waals surface area contributed by atoms with Crippen molar-refractivity contribution in [2.45, 2.75) is 13.3 Å². The van der Waals surface area contributed by atoms with Crippen molar-refractivity contribution in [3.05, 3.63) is 24.0 Å². The molecule has 1 aromatic heterocycles. The first kappa shape index (κ1) is 9.96. The van der Waals surface area contributed by atoms with Crippen molar-refractivity contribution in [3.63, 3.8) is 0 Å². The molecule has 0 radical (unpaired) electrons. The first-order valence-corrected chi connectivity index (χ1v) is 5.16. The fourth-order valence-corrected chi connectivity index (χ4v) is 1.88. The number of anilines is 1. The van der Waals surface area contributed by atoms with Gasteiger partial charge < -0.3 is 10.6 Å². The summed E-state index contributed by atoms with van der Waals surface area (Å²) >= 11 is 0. The molecule has 1 atom stereocenters. The molecule has 0 saturated carbocycles. The van der Waals surface area contributed by atoms with E-state index in [1.54, 1.807) is 18.5 Å². The monoisotopic (exact) mass is 205 g/mol. The standard InChI is InChI=1S/C11H15N3O/c1-8-2-3-14(7-8)11(15)9-4-10(12)6-13-5-9/h4-6,8H,2-3,7,12H2,1H3. The van der Waals surface area contributed by atoms with Crippen molar-refractivity contribution in [2.24, 2.45) is 5.92 Å². The molecule has 2 N–H and O–H groups in total. The van der Waals surface area contributed by atoms with Crippen LogP contribution in [0.5, 0.6) is 0 Å². The number of rotatable bonds is 1. The molecule has 4 nitrogen and oxygen atoms in total. The summed E-state index contributed by atoms with van der Waals surface area (Å²) in [6.45, 7) is 3.84. The number of hydrogen-bond acceptors (Lipinski definition) is 3. The second-order valence-corrected chi connectivity index (χ2v) is 4.15. The zero-order chi connectivity index (χ0) is 10.8. The quantitative estimate of drug-likeness (QED) is 0.748. The number of nitrogen functional groups attached to an aromatic ring is 1. The molecule has 0 spiro atoms. The van der Waals surface area contributed by atoms with E-state index in [4.69, 9.17) is 5.73 Å². The number of hydrogen-bond donors (Lipinski definition) is 1. The summed E-state index contributed by atoms with van der Waals surface area (Å²) < 4.78 is 0. The zero-order valence-corrected chi connectivity index (χ0v) is 8.81. The molecule has 4 heteroatoms. The summed E-state index contributed by atoms with van der Waals surface area (Å²) in [5, 5.41) is 0. The Kier molecular flexibility index (Phi) is 2.58. The molecule has 1 saturated heterocycles. The maximum Gasteiger partial charge on any atom is 0.255 e. The van der Waals surface area contributed by atoms with Gasteiger partial charge in [0.2, 0.25) is 0 Å². The van der Waals surface area contributed by atoms with Crippen molar-refractivity contribution < 1.29 is 4.79 Å². The third-order valence-electron chi connectivity index (χ3n) is 2.72. The van der Waals surface area contributed by atoms with Gasteiger partial charge in [0.1, 0.15) is 0 Å². The van der Waals surface area contributed by atoms with Crippen LogP contribution in [0.2, 0.25) is 0 Å². The highest BCUT2D eigenvalue weighted by Gasteiger charge is 2.24. The molecular weight excluding hydrogens is 190 g/mol. The van der Waals surface area contributed by atoms with Gasteiger partial charge in [-0.15, -0.1) is 0 Å². The molecule has 1 fully saturated rings. The van der Waals surface area contributed by atoms with Gasteiger partial charge in [0.05, 0.1) is 11.3 Å². The lowest BCUT2D eigenvalue weighted by atomic mass is 10.2. The Hall–Kier alpha value is -1.58. The fourth-order valence-electron chi connectivity index (χ4n) is 1.88. The number of likely N-dealkylation sites (tertiary alicyclic amines) is 1. The van der Waals surface area contributed by atoms with E-state index >= 15 is 0 Å². The van der Waals surface area contributed by atoms with Crippen LogP contribution in [0, 0.1) is 5.92 Å². The average Bonchev–Trinajstić information content (AvgIpc) is 2.64. The molecule has 1 aliphatic rings. The molecule has 1 amide bonds. The summed E-state index contributed by atoms with van der Waals surface area (Å²) in [6.07, 6.45) is 4.20. The highest BCUT2D eigenvalue weighted by molar-refractivity contribution is 5.94. The largest absolute Gasteiger partial charge is 0.397 e. The highest BCUT2D eigenvalue weighted by Crippen LogP contribution is 2.18. The van der Waals surface area contributed by atoms with Crippen molar-refractivity contribution >= 4 is 11.6 Å². The number of aromatic nitrogens is 1.